The third-order valence-electron chi connectivity index (χ3n) is 3.32. The van der Waals surface area contributed by atoms with E-state index in [0.717, 1.165) is 5.56 Å². The van der Waals surface area contributed by atoms with Crippen molar-refractivity contribution in [2.75, 3.05) is 0 Å². The molecule has 1 rings (SSSR count). The summed E-state index contributed by atoms with van der Waals surface area (Å²) in [7, 11) is 0. The highest BCUT2D eigenvalue weighted by molar-refractivity contribution is 5.97. The Hall–Kier alpha value is -2.62. The van der Waals surface area contributed by atoms with Gasteiger partial charge in [0.05, 0.1) is 0 Å². The van der Waals surface area contributed by atoms with Gasteiger partial charge in [0.2, 0.25) is 0 Å². The number of carbonyl (C=O) groups excluding carboxylic acids is 2. The normalized spacial score (nSPS) is 12.4. The molecule has 6 nitrogen and oxygen atoms in total. The molecule has 0 aliphatic rings. The number of hydrogen-bond acceptors (Lipinski definition) is 4. The summed E-state index contributed by atoms with van der Waals surface area (Å²) in [5.41, 5.74) is 7.49. The molecule has 0 radical (unpaired) electrons. The van der Waals surface area contributed by atoms with Crippen LogP contribution in [0.2, 0.25) is 0 Å². The first-order valence-corrected chi connectivity index (χ1v) is 7.97. The van der Waals surface area contributed by atoms with Crippen LogP contribution in [0.5, 0.6) is 0 Å². The summed E-state index contributed by atoms with van der Waals surface area (Å²) in [6, 6.07) is 5.59. The molecule has 0 aromatic heterocycles. The highest BCUT2D eigenvalue weighted by atomic mass is 16.5. The number of hydroxylamine groups is 1. The highest BCUT2D eigenvalue weighted by Gasteiger charge is 2.33. The molecule has 0 bridgehead atoms. The van der Waals surface area contributed by atoms with Gasteiger partial charge in [0.25, 0.3) is 11.8 Å². The van der Waals surface area contributed by atoms with Crippen molar-refractivity contribution in [3.05, 3.63) is 47.5 Å². The van der Waals surface area contributed by atoms with Gasteiger partial charge in [0, 0.05) is 16.7 Å². The minimum absolute atomic E-state index is 0.364. The predicted octanol–water partition coefficient (Wildman–Crippen LogP) is 1.59. The largest absolute Gasteiger partial charge is 0.338 e. The smallest absolute Gasteiger partial charge is 0.267 e. The zero-order valence-corrected chi connectivity index (χ0v) is 15.0. The van der Waals surface area contributed by atoms with E-state index in [0.29, 0.717) is 11.5 Å². The van der Waals surface area contributed by atoms with Crippen LogP contribution in [0.25, 0.3) is 0 Å². The summed E-state index contributed by atoms with van der Waals surface area (Å²) in [4.78, 5) is 24.0. The fourth-order valence-electron chi connectivity index (χ4n) is 1.94. The second-order valence-electron chi connectivity index (χ2n) is 6.65. The predicted molar refractivity (Wildman–Crippen MR) is 96.7 cm³/mol. The van der Waals surface area contributed by atoms with Crippen molar-refractivity contribution >= 4 is 11.8 Å². The molecule has 1 atom stereocenters. The topological polar surface area (TPSA) is 104 Å². The van der Waals surface area contributed by atoms with Crippen LogP contribution in [0, 0.1) is 17.8 Å². The number of rotatable bonds is 5. The summed E-state index contributed by atoms with van der Waals surface area (Å²) in [5, 5.41) is 11.3. The van der Waals surface area contributed by atoms with Crippen LogP contribution in [-0.2, 0) is 4.79 Å². The molecule has 0 aliphatic heterocycles. The maximum Gasteiger partial charge on any atom is 0.267 e. The van der Waals surface area contributed by atoms with Crippen molar-refractivity contribution in [1.82, 2.24) is 10.8 Å². The van der Waals surface area contributed by atoms with Crippen molar-refractivity contribution < 1.29 is 14.8 Å². The first-order chi connectivity index (χ1) is 11.6. The van der Waals surface area contributed by atoms with Crippen LogP contribution in [0.1, 0.15) is 43.6 Å². The molecule has 5 N–H and O–H groups in total. The van der Waals surface area contributed by atoms with Crippen molar-refractivity contribution in [1.29, 1.82) is 0 Å². The standard InChI is InChI=1S/C19H25N3O3/c1-13(2)7-5-6-8-14-9-11-15(12-10-14)17(23)21-16(18(24)22-25)19(3,4)20/h5,7,9-13,16,25H,20H2,1-4H3,(H,21,23)(H,22,24)/t16-/m1/s1. The Balaban J connectivity index is 2.84. The molecule has 0 saturated carbocycles. The minimum Gasteiger partial charge on any atom is -0.338 e. The Morgan fingerprint density at radius 3 is 2.32 bits per heavy atom. The van der Waals surface area contributed by atoms with E-state index < -0.39 is 23.4 Å². The molecule has 0 aliphatic carbocycles. The molecule has 1 aromatic carbocycles. The molecule has 2 amide bonds. The lowest BCUT2D eigenvalue weighted by molar-refractivity contribution is -0.132. The summed E-state index contributed by atoms with van der Waals surface area (Å²) >= 11 is 0. The molecular weight excluding hydrogens is 318 g/mol. The molecular formula is C19H25N3O3. The van der Waals surface area contributed by atoms with Gasteiger partial charge in [-0.1, -0.05) is 31.8 Å². The quantitative estimate of drug-likeness (QED) is 0.370. The molecule has 0 fully saturated rings. The molecule has 0 spiro atoms. The zero-order chi connectivity index (χ0) is 19.0. The van der Waals surface area contributed by atoms with Crippen LogP contribution in [-0.4, -0.2) is 28.6 Å². The van der Waals surface area contributed by atoms with E-state index in [9.17, 15) is 9.59 Å². The Morgan fingerprint density at radius 2 is 1.84 bits per heavy atom. The minimum atomic E-state index is -1.08. The van der Waals surface area contributed by atoms with Gasteiger partial charge in [-0.3, -0.25) is 14.8 Å². The third kappa shape index (κ3) is 6.79. The fourth-order valence-corrected chi connectivity index (χ4v) is 1.94. The van der Waals surface area contributed by atoms with Gasteiger partial charge in [0.1, 0.15) is 6.04 Å². The number of benzene rings is 1. The van der Waals surface area contributed by atoms with E-state index in [1.807, 2.05) is 6.08 Å². The highest BCUT2D eigenvalue weighted by Crippen LogP contribution is 2.09. The van der Waals surface area contributed by atoms with Crippen LogP contribution in [0.3, 0.4) is 0 Å². The Bertz CT molecular complexity index is 689. The first-order valence-electron chi connectivity index (χ1n) is 7.97. The second-order valence-corrected chi connectivity index (χ2v) is 6.65. The van der Waals surface area contributed by atoms with Gasteiger partial charge >= 0.3 is 0 Å². The lowest BCUT2D eigenvalue weighted by atomic mass is 9.95. The molecule has 6 heteroatoms. The number of allylic oxidation sites excluding steroid dienone is 2. The molecule has 0 saturated heterocycles. The van der Waals surface area contributed by atoms with E-state index >= 15 is 0 Å². The van der Waals surface area contributed by atoms with Gasteiger partial charge in [-0.25, -0.2) is 5.48 Å². The van der Waals surface area contributed by atoms with Gasteiger partial charge in [0.15, 0.2) is 0 Å². The zero-order valence-electron chi connectivity index (χ0n) is 15.0. The van der Waals surface area contributed by atoms with Crippen LogP contribution in [0.15, 0.2) is 36.4 Å². The SMILES string of the molecule is CC(C)C=CC#Cc1ccc(C(=O)N[C@H](C(=O)NO)C(C)(C)N)cc1. The fraction of sp³-hybridized carbons (Fsp3) is 0.368. The van der Waals surface area contributed by atoms with Gasteiger partial charge < -0.3 is 11.1 Å². The van der Waals surface area contributed by atoms with Crippen LogP contribution in [0.4, 0.5) is 0 Å². The average molecular weight is 343 g/mol. The molecule has 1 aromatic rings. The summed E-state index contributed by atoms with van der Waals surface area (Å²) < 4.78 is 0. The van der Waals surface area contributed by atoms with Gasteiger partial charge in [-0.05, 0) is 50.1 Å². The Labute approximate surface area is 148 Å². The average Bonchev–Trinajstić information content (AvgIpc) is 2.55. The van der Waals surface area contributed by atoms with E-state index in [-0.39, 0.29) is 0 Å². The summed E-state index contributed by atoms with van der Waals surface area (Å²) in [6.45, 7) is 7.30. The van der Waals surface area contributed by atoms with Crippen molar-refractivity contribution in [2.45, 2.75) is 39.3 Å². The van der Waals surface area contributed by atoms with E-state index in [2.05, 4.69) is 31.0 Å². The molecule has 0 unspecified atom stereocenters. The Morgan fingerprint density at radius 1 is 1.24 bits per heavy atom. The van der Waals surface area contributed by atoms with E-state index in [1.165, 1.54) is 5.48 Å². The van der Waals surface area contributed by atoms with Crippen molar-refractivity contribution in [3.63, 3.8) is 0 Å². The number of nitrogens with two attached hydrogens (primary N) is 1. The summed E-state index contributed by atoms with van der Waals surface area (Å²) in [5.74, 6) is 5.10. The lowest BCUT2D eigenvalue weighted by Crippen LogP contribution is -2.61. The van der Waals surface area contributed by atoms with E-state index in [4.69, 9.17) is 10.9 Å². The monoisotopic (exact) mass is 343 g/mol. The van der Waals surface area contributed by atoms with Gasteiger partial charge in [-0.2, -0.15) is 0 Å². The summed E-state index contributed by atoms with van der Waals surface area (Å²) in [6.07, 6.45) is 3.79. The molecule has 0 heterocycles. The second kappa shape index (κ2) is 9.02. The maximum atomic E-state index is 12.3. The lowest BCUT2D eigenvalue weighted by Gasteiger charge is -2.29. The van der Waals surface area contributed by atoms with Crippen LogP contribution >= 0.6 is 0 Å². The van der Waals surface area contributed by atoms with Crippen LogP contribution < -0.4 is 16.5 Å². The third-order valence-corrected chi connectivity index (χ3v) is 3.32. The van der Waals surface area contributed by atoms with E-state index in [1.54, 1.807) is 44.2 Å². The van der Waals surface area contributed by atoms with Crippen molar-refractivity contribution in [3.8, 4) is 11.8 Å². The van der Waals surface area contributed by atoms with Crippen molar-refractivity contribution in [2.24, 2.45) is 11.7 Å². The number of nitrogens with one attached hydrogen (secondary N) is 2. The maximum absolute atomic E-state index is 12.3. The molecule has 134 valence electrons. The van der Waals surface area contributed by atoms with Gasteiger partial charge in [-0.15, -0.1) is 0 Å². The molecule has 25 heavy (non-hydrogen) atoms. The number of carbonyl (C=O) groups is 2. The first kappa shape index (κ1) is 20.4. The number of hydrogen-bond donors (Lipinski definition) is 4. The Kier molecular flexibility index (Phi) is 7.37. The number of amides is 2.